The molecule has 0 atom stereocenters. The highest BCUT2D eigenvalue weighted by Gasteiger charge is 2.18. The van der Waals surface area contributed by atoms with Crippen molar-refractivity contribution in [3.8, 4) is 10.6 Å². The molecule has 1 fully saturated rings. The van der Waals surface area contributed by atoms with Crippen LogP contribution in [0, 0.1) is 6.92 Å². The number of thiazole rings is 2. The highest BCUT2D eigenvalue weighted by molar-refractivity contribution is 7.14. The number of hydrazine groups is 1. The SMILES string of the molecule is Cc1ccc(-c2nc(CC(=O)NNC(=O)c3csc(N4CCOCC4)n3)cs2)cc1. The number of carbonyl (C=O) groups excluding carboxylic acids is 2. The van der Waals surface area contributed by atoms with E-state index in [9.17, 15) is 9.59 Å². The summed E-state index contributed by atoms with van der Waals surface area (Å²) in [5, 5.41) is 5.17. The Labute approximate surface area is 181 Å². The van der Waals surface area contributed by atoms with Crippen molar-refractivity contribution in [1.29, 1.82) is 0 Å². The van der Waals surface area contributed by atoms with Gasteiger partial charge in [0.1, 0.15) is 10.7 Å². The van der Waals surface area contributed by atoms with Gasteiger partial charge in [0.2, 0.25) is 5.91 Å². The van der Waals surface area contributed by atoms with Crippen LogP contribution in [0.2, 0.25) is 0 Å². The van der Waals surface area contributed by atoms with Gasteiger partial charge >= 0.3 is 0 Å². The molecule has 0 bridgehead atoms. The van der Waals surface area contributed by atoms with E-state index in [0.29, 0.717) is 18.9 Å². The molecule has 8 nitrogen and oxygen atoms in total. The lowest BCUT2D eigenvalue weighted by Gasteiger charge is -2.25. The van der Waals surface area contributed by atoms with Crippen molar-refractivity contribution in [2.75, 3.05) is 31.2 Å². The number of amides is 2. The average Bonchev–Trinajstić information content (AvgIpc) is 3.43. The van der Waals surface area contributed by atoms with Gasteiger partial charge in [-0.15, -0.1) is 22.7 Å². The number of benzene rings is 1. The molecule has 1 saturated heterocycles. The van der Waals surface area contributed by atoms with E-state index in [4.69, 9.17) is 4.74 Å². The summed E-state index contributed by atoms with van der Waals surface area (Å²) < 4.78 is 5.32. The van der Waals surface area contributed by atoms with Gasteiger partial charge in [-0.3, -0.25) is 20.4 Å². The van der Waals surface area contributed by atoms with Gasteiger partial charge in [0, 0.05) is 29.4 Å². The van der Waals surface area contributed by atoms with E-state index < -0.39 is 5.91 Å². The summed E-state index contributed by atoms with van der Waals surface area (Å²) in [7, 11) is 0. The van der Waals surface area contributed by atoms with Crippen molar-refractivity contribution in [3.05, 3.63) is 52.0 Å². The van der Waals surface area contributed by atoms with E-state index >= 15 is 0 Å². The zero-order valence-corrected chi connectivity index (χ0v) is 18.0. The molecular formula is C20H21N5O3S2. The number of aromatic nitrogens is 2. The van der Waals surface area contributed by atoms with Crippen LogP contribution in [-0.2, 0) is 16.0 Å². The summed E-state index contributed by atoms with van der Waals surface area (Å²) in [6.45, 7) is 4.84. The lowest BCUT2D eigenvalue weighted by Crippen LogP contribution is -2.42. The predicted octanol–water partition coefficient (Wildman–Crippen LogP) is 2.42. The molecule has 1 aliphatic rings. The summed E-state index contributed by atoms with van der Waals surface area (Å²) in [4.78, 5) is 35.4. The maximum absolute atomic E-state index is 12.3. The minimum atomic E-state index is -0.447. The molecule has 0 spiro atoms. The predicted molar refractivity (Wildman–Crippen MR) is 117 cm³/mol. The quantitative estimate of drug-likeness (QED) is 0.588. The normalized spacial score (nSPS) is 13.8. The molecule has 2 amide bonds. The molecule has 0 aliphatic carbocycles. The smallest absolute Gasteiger partial charge is 0.289 e. The second-order valence-corrected chi connectivity index (χ2v) is 8.50. The monoisotopic (exact) mass is 443 g/mol. The van der Waals surface area contributed by atoms with E-state index in [1.54, 1.807) is 5.38 Å². The Morgan fingerprint density at radius 2 is 1.83 bits per heavy atom. The minimum absolute atomic E-state index is 0.0821. The van der Waals surface area contributed by atoms with Gasteiger partial charge in [-0.05, 0) is 6.92 Å². The van der Waals surface area contributed by atoms with Crippen LogP contribution in [-0.4, -0.2) is 48.1 Å². The fraction of sp³-hybridized carbons (Fsp3) is 0.300. The highest BCUT2D eigenvalue weighted by atomic mass is 32.1. The van der Waals surface area contributed by atoms with E-state index in [0.717, 1.165) is 28.8 Å². The molecule has 156 valence electrons. The second-order valence-electron chi connectivity index (χ2n) is 6.80. The first-order chi connectivity index (χ1) is 14.6. The molecule has 0 unspecified atom stereocenters. The minimum Gasteiger partial charge on any atom is -0.378 e. The first-order valence-electron chi connectivity index (χ1n) is 9.47. The van der Waals surface area contributed by atoms with E-state index in [2.05, 4.69) is 25.7 Å². The van der Waals surface area contributed by atoms with Crippen LogP contribution < -0.4 is 15.8 Å². The van der Waals surface area contributed by atoms with Gasteiger partial charge in [0.05, 0.1) is 25.3 Å². The number of morpholine rings is 1. The van der Waals surface area contributed by atoms with Crippen molar-refractivity contribution in [2.24, 2.45) is 0 Å². The number of nitrogens with one attached hydrogen (secondary N) is 2. The first-order valence-corrected chi connectivity index (χ1v) is 11.2. The number of ether oxygens (including phenoxy) is 1. The highest BCUT2D eigenvalue weighted by Crippen LogP contribution is 2.24. The topological polar surface area (TPSA) is 96.5 Å². The molecule has 0 saturated carbocycles. The fourth-order valence-electron chi connectivity index (χ4n) is 2.88. The van der Waals surface area contributed by atoms with Gasteiger partial charge < -0.3 is 9.64 Å². The number of rotatable bonds is 5. The molecule has 0 radical (unpaired) electrons. The lowest BCUT2D eigenvalue weighted by molar-refractivity contribution is -0.121. The van der Waals surface area contributed by atoms with Crippen molar-refractivity contribution in [3.63, 3.8) is 0 Å². The summed E-state index contributed by atoms with van der Waals surface area (Å²) in [5.74, 6) is -0.787. The first kappa shape index (κ1) is 20.5. The van der Waals surface area contributed by atoms with E-state index in [1.165, 1.54) is 28.2 Å². The van der Waals surface area contributed by atoms with E-state index in [-0.39, 0.29) is 18.0 Å². The number of hydrogen-bond donors (Lipinski definition) is 2. The zero-order chi connectivity index (χ0) is 20.9. The summed E-state index contributed by atoms with van der Waals surface area (Å²) in [5.41, 5.74) is 7.98. The Morgan fingerprint density at radius 1 is 1.07 bits per heavy atom. The van der Waals surface area contributed by atoms with Crippen LogP contribution in [0.5, 0.6) is 0 Å². The average molecular weight is 444 g/mol. The van der Waals surface area contributed by atoms with Crippen LogP contribution in [0.3, 0.4) is 0 Å². The zero-order valence-electron chi connectivity index (χ0n) is 16.4. The molecule has 4 rings (SSSR count). The maximum atomic E-state index is 12.3. The standard InChI is InChI=1S/C20H21N5O3S2/c1-13-2-4-14(5-3-13)19-21-15(11-29-19)10-17(26)23-24-18(27)16-12-30-20(22-16)25-6-8-28-9-7-25/h2-5,11-12H,6-10H2,1H3,(H,23,26)(H,24,27). The molecule has 1 aliphatic heterocycles. The molecule has 30 heavy (non-hydrogen) atoms. The van der Waals surface area contributed by atoms with Gasteiger partial charge in [-0.2, -0.15) is 0 Å². The molecule has 2 N–H and O–H groups in total. The molecule has 10 heteroatoms. The lowest BCUT2D eigenvalue weighted by atomic mass is 10.2. The Hall–Kier alpha value is -2.82. The van der Waals surface area contributed by atoms with Crippen LogP contribution in [0.15, 0.2) is 35.0 Å². The molecule has 2 aromatic heterocycles. The third-order valence-corrected chi connectivity index (χ3v) is 6.36. The van der Waals surface area contributed by atoms with Crippen molar-refractivity contribution in [1.82, 2.24) is 20.8 Å². The molecular weight excluding hydrogens is 422 g/mol. The molecule has 1 aromatic carbocycles. The summed E-state index contributed by atoms with van der Waals surface area (Å²) in [6.07, 6.45) is 0.0821. The van der Waals surface area contributed by atoms with Crippen molar-refractivity contribution in [2.45, 2.75) is 13.3 Å². The molecule has 3 aromatic rings. The number of nitrogens with zero attached hydrogens (tertiary/aromatic N) is 3. The third kappa shape index (κ3) is 5.02. The van der Waals surface area contributed by atoms with Crippen LogP contribution in [0.1, 0.15) is 21.7 Å². The number of hydrogen-bond acceptors (Lipinski definition) is 8. The number of anilines is 1. The van der Waals surface area contributed by atoms with Gasteiger partial charge in [0.15, 0.2) is 5.13 Å². The van der Waals surface area contributed by atoms with Gasteiger partial charge in [-0.1, -0.05) is 29.8 Å². The number of aryl methyl sites for hydroxylation is 1. The number of carbonyl (C=O) groups is 2. The van der Waals surface area contributed by atoms with Gasteiger partial charge in [0.25, 0.3) is 5.91 Å². The fourth-order valence-corrected chi connectivity index (χ4v) is 4.57. The van der Waals surface area contributed by atoms with Gasteiger partial charge in [-0.25, -0.2) is 9.97 Å². The van der Waals surface area contributed by atoms with Crippen LogP contribution in [0.25, 0.3) is 10.6 Å². The Kier molecular flexibility index (Phi) is 6.36. The Balaban J connectivity index is 1.28. The van der Waals surface area contributed by atoms with E-state index in [1.807, 2.05) is 36.6 Å². The summed E-state index contributed by atoms with van der Waals surface area (Å²) >= 11 is 2.89. The maximum Gasteiger partial charge on any atom is 0.289 e. The molecule has 3 heterocycles. The van der Waals surface area contributed by atoms with Crippen LogP contribution in [0.4, 0.5) is 5.13 Å². The van der Waals surface area contributed by atoms with Crippen LogP contribution >= 0.6 is 22.7 Å². The Bertz CT molecular complexity index is 1030. The Morgan fingerprint density at radius 3 is 2.60 bits per heavy atom. The summed E-state index contributed by atoms with van der Waals surface area (Å²) in [6, 6.07) is 8.08. The second kappa shape index (κ2) is 9.33. The van der Waals surface area contributed by atoms with Crippen molar-refractivity contribution < 1.29 is 14.3 Å². The van der Waals surface area contributed by atoms with Crippen molar-refractivity contribution >= 4 is 39.6 Å². The third-order valence-electron chi connectivity index (χ3n) is 4.51. The largest absolute Gasteiger partial charge is 0.378 e.